The van der Waals surface area contributed by atoms with Crippen LogP contribution in [-0.4, -0.2) is 30.3 Å². The fraction of sp³-hybridized carbons (Fsp3) is 0.923. The van der Waals surface area contributed by atoms with E-state index in [1.54, 1.807) is 0 Å². The van der Waals surface area contributed by atoms with Crippen molar-refractivity contribution in [1.29, 1.82) is 0 Å². The van der Waals surface area contributed by atoms with Crippen molar-refractivity contribution in [3.05, 3.63) is 0 Å². The summed E-state index contributed by atoms with van der Waals surface area (Å²) in [7, 11) is 0. The Kier molecular flexibility index (Phi) is 4.07. The molecule has 17 heavy (non-hydrogen) atoms. The van der Waals surface area contributed by atoms with Crippen LogP contribution in [0, 0.1) is 5.41 Å². The largest absolute Gasteiger partial charge is 0.444 e. The van der Waals surface area contributed by atoms with Crippen molar-refractivity contribution in [3.8, 4) is 0 Å². The maximum Gasteiger partial charge on any atom is 0.407 e. The van der Waals surface area contributed by atoms with E-state index in [1.165, 1.54) is 0 Å². The number of carbonyl (C=O) groups excluding carboxylic acids is 1. The average molecular weight is 242 g/mol. The van der Waals surface area contributed by atoms with E-state index in [1.807, 2.05) is 20.8 Å². The third kappa shape index (κ3) is 4.94. The molecule has 0 radical (unpaired) electrons. The van der Waals surface area contributed by atoms with Crippen molar-refractivity contribution in [2.24, 2.45) is 5.41 Å². The summed E-state index contributed by atoms with van der Waals surface area (Å²) < 4.78 is 5.24. The van der Waals surface area contributed by atoms with Crippen LogP contribution in [0.5, 0.6) is 0 Å². The molecule has 1 aliphatic rings. The van der Waals surface area contributed by atoms with Gasteiger partial charge in [-0.15, -0.1) is 0 Å². The van der Waals surface area contributed by atoms with Crippen LogP contribution in [0.15, 0.2) is 0 Å². The highest BCUT2D eigenvalue weighted by Gasteiger charge is 2.33. The maximum atomic E-state index is 11.6. The van der Waals surface area contributed by atoms with Crippen LogP contribution in [0.1, 0.15) is 48.0 Å². The molecule has 4 heteroatoms. The zero-order valence-electron chi connectivity index (χ0n) is 11.9. The predicted molar refractivity (Wildman–Crippen MR) is 69.0 cm³/mol. The fourth-order valence-corrected chi connectivity index (χ4v) is 1.98. The molecule has 0 aromatic carbocycles. The van der Waals surface area contributed by atoms with Crippen LogP contribution in [0.2, 0.25) is 0 Å². The van der Waals surface area contributed by atoms with Crippen molar-refractivity contribution in [2.45, 2.75) is 65.6 Å². The summed E-state index contributed by atoms with van der Waals surface area (Å²) in [4.78, 5) is 11.6. The van der Waals surface area contributed by atoms with Gasteiger partial charge in [0, 0.05) is 18.6 Å². The van der Waals surface area contributed by atoms with Gasteiger partial charge in [0.2, 0.25) is 0 Å². The van der Waals surface area contributed by atoms with E-state index in [0.717, 1.165) is 13.0 Å². The lowest BCUT2D eigenvalue weighted by atomic mass is 9.85. The predicted octanol–water partition coefficient (Wildman–Crippen LogP) is 2.29. The second-order valence-electron chi connectivity index (χ2n) is 6.91. The SMILES string of the molecule is CC(C)(C)OC(=O)NC1CNC(C(C)(C)C)C1. The van der Waals surface area contributed by atoms with Crippen molar-refractivity contribution in [1.82, 2.24) is 10.6 Å². The molecule has 0 aliphatic carbocycles. The Morgan fingerprint density at radius 3 is 2.24 bits per heavy atom. The number of hydrogen-bond donors (Lipinski definition) is 2. The highest BCUT2D eigenvalue weighted by Crippen LogP contribution is 2.26. The zero-order chi connectivity index (χ0) is 13.3. The van der Waals surface area contributed by atoms with Gasteiger partial charge in [0.15, 0.2) is 0 Å². The van der Waals surface area contributed by atoms with Gasteiger partial charge in [0.1, 0.15) is 5.60 Å². The molecule has 100 valence electrons. The Morgan fingerprint density at radius 2 is 1.82 bits per heavy atom. The Balaban J connectivity index is 2.38. The molecule has 2 unspecified atom stereocenters. The van der Waals surface area contributed by atoms with Gasteiger partial charge in [-0.05, 0) is 32.6 Å². The molecule has 1 fully saturated rings. The number of carbonyl (C=O) groups is 1. The smallest absolute Gasteiger partial charge is 0.407 e. The number of alkyl carbamates (subject to hydrolysis) is 1. The minimum atomic E-state index is -0.431. The summed E-state index contributed by atoms with van der Waals surface area (Å²) in [5.41, 5.74) is -0.204. The number of nitrogens with one attached hydrogen (secondary N) is 2. The van der Waals surface area contributed by atoms with E-state index < -0.39 is 5.60 Å². The second kappa shape index (κ2) is 4.84. The molecule has 1 amide bonds. The first-order valence-electron chi connectivity index (χ1n) is 6.31. The summed E-state index contributed by atoms with van der Waals surface area (Å²) in [5, 5.41) is 6.36. The first-order valence-corrected chi connectivity index (χ1v) is 6.31. The molecular formula is C13H26N2O2. The van der Waals surface area contributed by atoms with Gasteiger partial charge in [-0.2, -0.15) is 0 Å². The van der Waals surface area contributed by atoms with E-state index in [4.69, 9.17) is 4.74 Å². The van der Waals surface area contributed by atoms with Crippen LogP contribution in [0.3, 0.4) is 0 Å². The minimum Gasteiger partial charge on any atom is -0.444 e. The molecule has 0 bridgehead atoms. The van der Waals surface area contributed by atoms with Crippen LogP contribution < -0.4 is 10.6 Å². The van der Waals surface area contributed by atoms with Crippen molar-refractivity contribution < 1.29 is 9.53 Å². The van der Waals surface area contributed by atoms with Gasteiger partial charge in [0.05, 0.1) is 0 Å². The maximum absolute atomic E-state index is 11.6. The first-order chi connectivity index (χ1) is 7.58. The molecule has 0 aromatic rings. The van der Waals surface area contributed by atoms with Crippen molar-refractivity contribution >= 4 is 6.09 Å². The molecule has 0 aromatic heterocycles. The fourth-order valence-electron chi connectivity index (χ4n) is 1.98. The molecule has 1 rings (SSSR count). The molecule has 2 atom stereocenters. The molecular weight excluding hydrogens is 216 g/mol. The monoisotopic (exact) mass is 242 g/mol. The summed E-state index contributed by atoms with van der Waals surface area (Å²) in [6.07, 6.45) is 0.641. The van der Waals surface area contributed by atoms with E-state index in [-0.39, 0.29) is 17.6 Å². The molecule has 1 heterocycles. The van der Waals surface area contributed by atoms with Gasteiger partial charge in [-0.1, -0.05) is 20.8 Å². The van der Waals surface area contributed by atoms with Gasteiger partial charge in [0.25, 0.3) is 0 Å². The molecule has 2 N–H and O–H groups in total. The van der Waals surface area contributed by atoms with Crippen LogP contribution >= 0.6 is 0 Å². The number of amides is 1. The number of ether oxygens (including phenoxy) is 1. The van der Waals surface area contributed by atoms with E-state index >= 15 is 0 Å². The first kappa shape index (κ1) is 14.3. The van der Waals surface area contributed by atoms with Gasteiger partial charge in [-0.3, -0.25) is 0 Å². The summed E-state index contributed by atoms with van der Waals surface area (Å²) in [5.74, 6) is 0. The second-order valence-corrected chi connectivity index (χ2v) is 6.91. The Labute approximate surface area is 104 Å². The Hall–Kier alpha value is -0.770. The van der Waals surface area contributed by atoms with Crippen molar-refractivity contribution in [2.75, 3.05) is 6.54 Å². The lowest BCUT2D eigenvalue weighted by molar-refractivity contribution is 0.0507. The molecule has 0 spiro atoms. The van der Waals surface area contributed by atoms with E-state index in [0.29, 0.717) is 6.04 Å². The van der Waals surface area contributed by atoms with Crippen LogP contribution in [0.25, 0.3) is 0 Å². The molecule has 0 saturated carbocycles. The summed E-state index contributed by atoms with van der Waals surface area (Å²) >= 11 is 0. The normalized spacial score (nSPS) is 25.8. The summed E-state index contributed by atoms with van der Waals surface area (Å²) in [6, 6.07) is 0.622. The number of rotatable bonds is 1. The minimum absolute atomic E-state index is 0.175. The lowest BCUT2D eigenvalue weighted by Gasteiger charge is -2.27. The highest BCUT2D eigenvalue weighted by molar-refractivity contribution is 5.68. The quantitative estimate of drug-likeness (QED) is 0.741. The topological polar surface area (TPSA) is 50.4 Å². The molecule has 1 saturated heterocycles. The molecule has 4 nitrogen and oxygen atoms in total. The van der Waals surface area contributed by atoms with Gasteiger partial charge >= 0.3 is 6.09 Å². The number of hydrogen-bond acceptors (Lipinski definition) is 3. The van der Waals surface area contributed by atoms with E-state index in [2.05, 4.69) is 31.4 Å². The van der Waals surface area contributed by atoms with E-state index in [9.17, 15) is 4.79 Å². The standard InChI is InChI=1S/C13H26N2O2/c1-12(2,3)10-7-9(8-14-10)15-11(16)17-13(4,5)6/h9-10,14H,7-8H2,1-6H3,(H,15,16). The third-order valence-electron chi connectivity index (χ3n) is 2.90. The molecule has 1 aliphatic heterocycles. The highest BCUT2D eigenvalue weighted by atomic mass is 16.6. The van der Waals surface area contributed by atoms with Crippen LogP contribution in [0.4, 0.5) is 4.79 Å². The Bertz CT molecular complexity index is 276. The summed E-state index contributed by atoms with van der Waals surface area (Å²) in [6.45, 7) is 13.1. The zero-order valence-corrected chi connectivity index (χ0v) is 11.9. The Morgan fingerprint density at radius 1 is 1.24 bits per heavy atom. The third-order valence-corrected chi connectivity index (χ3v) is 2.90. The van der Waals surface area contributed by atoms with Gasteiger partial charge in [-0.25, -0.2) is 4.79 Å². The van der Waals surface area contributed by atoms with Crippen LogP contribution in [-0.2, 0) is 4.74 Å². The van der Waals surface area contributed by atoms with Crippen molar-refractivity contribution in [3.63, 3.8) is 0 Å². The average Bonchev–Trinajstić information content (AvgIpc) is 2.47. The lowest BCUT2D eigenvalue weighted by Crippen LogP contribution is -2.40. The van der Waals surface area contributed by atoms with Gasteiger partial charge < -0.3 is 15.4 Å².